The van der Waals surface area contributed by atoms with Crippen molar-refractivity contribution in [3.05, 3.63) is 23.9 Å². The third kappa shape index (κ3) is 3.88. The van der Waals surface area contributed by atoms with Crippen LogP contribution >= 0.6 is 0 Å². The monoisotopic (exact) mass is 207 g/mol. The van der Waals surface area contributed by atoms with E-state index in [1.807, 2.05) is 12.1 Å². The van der Waals surface area contributed by atoms with E-state index in [-0.39, 0.29) is 0 Å². The van der Waals surface area contributed by atoms with E-state index in [1.54, 1.807) is 6.20 Å². The molecule has 1 aromatic rings. The standard InChI is InChI=1S/C12H21N3/c1-4-7-15(10(2)3)9-11-5-6-14-12(13)8-11/h5-6,8,10H,4,7,9H2,1-3H3,(H2,13,14). The number of anilines is 1. The Morgan fingerprint density at radius 2 is 2.20 bits per heavy atom. The maximum Gasteiger partial charge on any atom is 0.123 e. The first-order valence-corrected chi connectivity index (χ1v) is 5.58. The summed E-state index contributed by atoms with van der Waals surface area (Å²) in [5.41, 5.74) is 6.90. The topological polar surface area (TPSA) is 42.2 Å². The Kier molecular flexibility index (Phi) is 4.56. The van der Waals surface area contributed by atoms with Crippen molar-refractivity contribution >= 4 is 5.82 Å². The lowest BCUT2D eigenvalue weighted by Crippen LogP contribution is -2.31. The number of aromatic nitrogens is 1. The van der Waals surface area contributed by atoms with E-state index in [9.17, 15) is 0 Å². The maximum absolute atomic E-state index is 5.65. The second-order valence-corrected chi connectivity index (χ2v) is 4.15. The minimum atomic E-state index is 0.569. The number of nitrogens with zero attached hydrogens (tertiary/aromatic N) is 2. The number of pyridine rings is 1. The van der Waals surface area contributed by atoms with Crippen molar-refractivity contribution in [2.45, 2.75) is 39.8 Å². The molecule has 1 heterocycles. The highest BCUT2D eigenvalue weighted by atomic mass is 15.1. The fourth-order valence-electron chi connectivity index (χ4n) is 1.63. The van der Waals surface area contributed by atoms with Gasteiger partial charge in [0.15, 0.2) is 0 Å². The summed E-state index contributed by atoms with van der Waals surface area (Å²) in [7, 11) is 0. The van der Waals surface area contributed by atoms with Gasteiger partial charge in [0.2, 0.25) is 0 Å². The zero-order valence-corrected chi connectivity index (χ0v) is 9.90. The van der Waals surface area contributed by atoms with Crippen molar-refractivity contribution in [2.24, 2.45) is 0 Å². The van der Waals surface area contributed by atoms with Crippen molar-refractivity contribution in [3.63, 3.8) is 0 Å². The van der Waals surface area contributed by atoms with Crippen LogP contribution in [0.5, 0.6) is 0 Å². The van der Waals surface area contributed by atoms with Crippen molar-refractivity contribution in [1.29, 1.82) is 0 Å². The molecule has 0 aliphatic rings. The summed E-state index contributed by atoms with van der Waals surface area (Å²) in [6.45, 7) is 8.73. The summed E-state index contributed by atoms with van der Waals surface area (Å²) in [5.74, 6) is 0.604. The smallest absolute Gasteiger partial charge is 0.123 e. The zero-order valence-electron chi connectivity index (χ0n) is 9.90. The second kappa shape index (κ2) is 5.71. The third-order valence-corrected chi connectivity index (χ3v) is 2.47. The summed E-state index contributed by atoms with van der Waals surface area (Å²) < 4.78 is 0. The Morgan fingerprint density at radius 1 is 1.47 bits per heavy atom. The zero-order chi connectivity index (χ0) is 11.3. The summed E-state index contributed by atoms with van der Waals surface area (Å²) >= 11 is 0. The Bertz CT molecular complexity index is 297. The van der Waals surface area contributed by atoms with Crippen LogP contribution in [-0.2, 0) is 6.54 Å². The molecule has 1 rings (SSSR count). The highest BCUT2D eigenvalue weighted by molar-refractivity contribution is 5.31. The molecule has 3 nitrogen and oxygen atoms in total. The molecule has 0 spiro atoms. The molecular formula is C12H21N3. The van der Waals surface area contributed by atoms with Gasteiger partial charge in [0.1, 0.15) is 5.82 Å². The Hall–Kier alpha value is -1.09. The molecule has 15 heavy (non-hydrogen) atoms. The number of nitrogen functional groups attached to an aromatic ring is 1. The Morgan fingerprint density at radius 3 is 2.73 bits per heavy atom. The van der Waals surface area contributed by atoms with Crippen LogP contribution in [-0.4, -0.2) is 22.5 Å². The molecule has 0 saturated heterocycles. The van der Waals surface area contributed by atoms with Gasteiger partial charge in [0.05, 0.1) is 0 Å². The van der Waals surface area contributed by atoms with E-state index in [4.69, 9.17) is 5.73 Å². The van der Waals surface area contributed by atoms with E-state index in [1.165, 1.54) is 12.0 Å². The first kappa shape index (κ1) is 12.0. The van der Waals surface area contributed by atoms with Crippen LogP contribution in [0.1, 0.15) is 32.8 Å². The lowest BCUT2D eigenvalue weighted by molar-refractivity contribution is 0.213. The minimum absolute atomic E-state index is 0.569. The lowest BCUT2D eigenvalue weighted by Gasteiger charge is -2.25. The van der Waals surface area contributed by atoms with Gasteiger partial charge in [-0.05, 0) is 44.5 Å². The lowest BCUT2D eigenvalue weighted by atomic mass is 10.2. The van der Waals surface area contributed by atoms with Crippen LogP contribution in [0.4, 0.5) is 5.82 Å². The fraction of sp³-hybridized carbons (Fsp3) is 0.583. The molecule has 84 valence electrons. The van der Waals surface area contributed by atoms with Crippen LogP contribution in [0.15, 0.2) is 18.3 Å². The molecule has 0 bridgehead atoms. The molecule has 0 unspecified atom stereocenters. The predicted octanol–water partition coefficient (Wildman–Crippen LogP) is 2.28. The molecule has 0 radical (unpaired) electrons. The minimum Gasteiger partial charge on any atom is -0.384 e. The third-order valence-electron chi connectivity index (χ3n) is 2.47. The largest absolute Gasteiger partial charge is 0.384 e. The SMILES string of the molecule is CCCN(Cc1ccnc(N)c1)C(C)C. The maximum atomic E-state index is 5.65. The molecule has 0 fully saturated rings. The summed E-state index contributed by atoms with van der Waals surface area (Å²) in [6.07, 6.45) is 2.95. The molecule has 0 aliphatic heterocycles. The number of nitrogens with two attached hydrogens (primary N) is 1. The van der Waals surface area contributed by atoms with Gasteiger partial charge in [0.25, 0.3) is 0 Å². The number of hydrogen-bond donors (Lipinski definition) is 1. The highest BCUT2D eigenvalue weighted by Gasteiger charge is 2.08. The molecule has 3 heteroatoms. The quantitative estimate of drug-likeness (QED) is 0.805. The van der Waals surface area contributed by atoms with Gasteiger partial charge in [-0.1, -0.05) is 6.92 Å². The average Bonchev–Trinajstić information content (AvgIpc) is 2.17. The molecule has 0 aromatic carbocycles. The Labute approximate surface area is 92.3 Å². The average molecular weight is 207 g/mol. The normalized spacial score (nSPS) is 11.3. The van der Waals surface area contributed by atoms with E-state index >= 15 is 0 Å². The van der Waals surface area contributed by atoms with Gasteiger partial charge in [-0.15, -0.1) is 0 Å². The fourth-order valence-corrected chi connectivity index (χ4v) is 1.63. The molecule has 2 N–H and O–H groups in total. The summed E-state index contributed by atoms with van der Waals surface area (Å²) in [5, 5.41) is 0. The summed E-state index contributed by atoms with van der Waals surface area (Å²) in [6, 6.07) is 4.55. The van der Waals surface area contributed by atoms with Crippen LogP contribution in [0.25, 0.3) is 0 Å². The van der Waals surface area contributed by atoms with Crippen molar-refractivity contribution in [3.8, 4) is 0 Å². The molecule has 0 aliphatic carbocycles. The molecule has 0 atom stereocenters. The van der Waals surface area contributed by atoms with E-state index in [0.29, 0.717) is 11.9 Å². The predicted molar refractivity (Wildman–Crippen MR) is 64.5 cm³/mol. The first-order chi connectivity index (χ1) is 7.13. The van der Waals surface area contributed by atoms with Crippen molar-refractivity contribution in [1.82, 2.24) is 9.88 Å². The van der Waals surface area contributed by atoms with Crippen molar-refractivity contribution in [2.75, 3.05) is 12.3 Å². The van der Waals surface area contributed by atoms with Gasteiger partial charge in [0, 0.05) is 18.8 Å². The van der Waals surface area contributed by atoms with Crippen LogP contribution in [0.3, 0.4) is 0 Å². The molecular weight excluding hydrogens is 186 g/mol. The van der Waals surface area contributed by atoms with Gasteiger partial charge in [-0.3, -0.25) is 4.90 Å². The Balaban J connectivity index is 2.65. The van der Waals surface area contributed by atoms with Gasteiger partial charge >= 0.3 is 0 Å². The second-order valence-electron chi connectivity index (χ2n) is 4.15. The van der Waals surface area contributed by atoms with Crippen LogP contribution in [0.2, 0.25) is 0 Å². The van der Waals surface area contributed by atoms with E-state index < -0.39 is 0 Å². The van der Waals surface area contributed by atoms with E-state index in [2.05, 4.69) is 30.7 Å². The molecule has 0 amide bonds. The van der Waals surface area contributed by atoms with Gasteiger partial charge < -0.3 is 5.73 Å². The van der Waals surface area contributed by atoms with Crippen LogP contribution < -0.4 is 5.73 Å². The van der Waals surface area contributed by atoms with E-state index in [0.717, 1.165) is 13.1 Å². The van der Waals surface area contributed by atoms with Gasteiger partial charge in [-0.25, -0.2) is 4.98 Å². The van der Waals surface area contributed by atoms with Gasteiger partial charge in [-0.2, -0.15) is 0 Å². The first-order valence-electron chi connectivity index (χ1n) is 5.58. The molecule has 0 saturated carbocycles. The number of rotatable bonds is 5. The van der Waals surface area contributed by atoms with Crippen molar-refractivity contribution < 1.29 is 0 Å². The summed E-state index contributed by atoms with van der Waals surface area (Å²) in [4.78, 5) is 6.44. The molecule has 1 aromatic heterocycles. The van der Waals surface area contributed by atoms with Crippen LogP contribution in [0, 0.1) is 0 Å². The number of hydrogen-bond acceptors (Lipinski definition) is 3. The highest BCUT2D eigenvalue weighted by Crippen LogP contribution is 2.10.